The van der Waals surface area contributed by atoms with Crippen LogP contribution in [0.25, 0.3) is 0 Å². The fraction of sp³-hybridized carbons (Fsp3) is 0.909. The lowest BCUT2D eigenvalue weighted by atomic mass is 10.0. The first-order valence-electron chi connectivity index (χ1n) is 5.39. The largest absolute Gasteiger partial charge is 0.351 e. The Bertz CT molecular complexity index is 169. The molecular weight excluding hydrogens is 242 g/mol. The van der Waals surface area contributed by atoms with Crippen molar-refractivity contribution < 1.29 is 4.79 Å². The molecule has 0 aliphatic rings. The number of amides is 1. The second-order valence-electron chi connectivity index (χ2n) is 4.33. The third-order valence-corrected chi connectivity index (χ3v) is 2.60. The van der Waals surface area contributed by atoms with Gasteiger partial charge in [0, 0.05) is 17.3 Å². The third-order valence-electron chi connectivity index (χ3n) is 2.20. The van der Waals surface area contributed by atoms with E-state index in [0.717, 1.165) is 31.0 Å². The average molecular weight is 264 g/mol. The third kappa shape index (κ3) is 7.36. The Balaban J connectivity index is 3.69. The first-order chi connectivity index (χ1) is 6.52. The summed E-state index contributed by atoms with van der Waals surface area (Å²) in [6.45, 7) is 6.27. The Kier molecular flexibility index (Phi) is 7.24. The van der Waals surface area contributed by atoms with Crippen molar-refractivity contribution in [2.75, 3.05) is 5.33 Å². The Labute approximate surface area is 96.0 Å². The van der Waals surface area contributed by atoms with Crippen LogP contribution >= 0.6 is 15.9 Å². The standard InChI is InChI=1S/C11H22BrNO/c1-4-5-6-7-10(14)13-11(2,3)8-9-12/h4-9H2,1-3H3,(H,13,14). The van der Waals surface area contributed by atoms with E-state index >= 15 is 0 Å². The van der Waals surface area contributed by atoms with Crippen molar-refractivity contribution in [1.82, 2.24) is 5.32 Å². The van der Waals surface area contributed by atoms with Crippen LogP contribution in [0, 0.1) is 0 Å². The lowest BCUT2D eigenvalue weighted by Crippen LogP contribution is -2.43. The molecule has 1 amide bonds. The molecule has 0 atom stereocenters. The van der Waals surface area contributed by atoms with Crippen molar-refractivity contribution in [2.24, 2.45) is 0 Å². The summed E-state index contributed by atoms with van der Waals surface area (Å²) >= 11 is 3.39. The van der Waals surface area contributed by atoms with Crippen molar-refractivity contribution in [3.05, 3.63) is 0 Å². The fourth-order valence-electron chi connectivity index (χ4n) is 1.27. The van der Waals surface area contributed by atoms with Gasteiger partial charge in [0.1, 0.15) is 0 Å². The van der Waals surface area contributed by atoms with E-state index in [4.69, 9.17) is 0 Å². The minimum absolute atomic E-state index is 0.0766. The smallest absolute Gasteiger partial charge is 0.220 e. The molecule has 0 bridgehead atoms. The van der Waals surface area contributed by atoms with Gasteiger partial charge in [0.25, 0.3) is 0 Å². The second-order valence-corrected chi connectivity index (χ2v) is 5.12. The van der Waals surface area contributed by atoms with E-state index in [1.165, 1.54) is 0 Å². The molecule has 0 aliphatic carbocycles. The van der Waals surface area contributed by atoms with E-state index in [1.54, 1.807) is 0 Å². The minimum atomic E-state index is -0.0766. The van der Waals surface area contributed by atoms with Gasteiger partial charge in [-0.05, 0) is 26.7 Å². The molecule has 0 radical (unpaired) electrons. The van der Waals surface area contributed by atoms with Crippen LogP contribution in [-0.2, 0) is 4.79 Å². The van der Waals surface area contributed by atoms with Crippen LogP contribution in [0.2, 0.25) is 0 Å². The highest BCUT2D eigenvalue weighted by molar-refractivity contribution is 9.09. The molecule has 0 rings (SSSR count). The second kappa shape index (κ2) is 7.27. The number of nitrogens with one attached hydrogen (secondary N) is 1. The van der Waals surface area contributed by atoms with Crippen molar-refractivity contribution in [2.45, 2.75) is 58.4 Å². The van der Waals surface area contributed by atoms with Crippen LogP contribution in [0.5, 0.6) is 0 Å². The Morgan fingerprint density at radius 2 is 2.00 bits per heavy atom. The highest BCUT2D eigenvalue weighted by Gasteiger charge is 2.18. The maximum absolute atomic E-state index is 11.5. The van der Waals surface area contributed by atoms with Crippen LogP contribution in [0.1, 0.15) is 52.9 Å². The Hall–Kier alpha value is -0.0500. The molecule has 0 heterocycles. The first kappa shape index (κ1) is 13.9. The number of unbranched alkanes of at least 4 members (excludes halogenated alkanes) is 2. The topological polar surface area (TPSA) is 29.1 Å². The van der Waals surface area contributed by atoms with Gasteiger partial charge in [-0.15, -0.1) is 0 Å². The molecule has 1 N–H and O–H groups in total. The molecule has 0 aromatic carbocycles. The highest BCUT2D eigenvalue weighted by atomic mass is 79.9. The van der Waals surface area contributed by atoms with Crippen molar-refractivity contribution in [1.29, 1.82) is 0 Å². The summed E-state index contributed by atoms with van der Waals surface area (Å²) in [5, 5.41) is 3.97. The zero-order chi connectivity index (χ0) is 11.0. The Morgan fingerprint density at radius 1 is 1.36 bits per heavy atom. The number of hydrogen-bond donors (Lipinski definition) is 1. The molecule has 0 fully saturated rings. The van der Waals surface area contributed by atoms with Crippen LogP contribution in [0.4, 0.5) is 0 Å². The van der Waals surface area contributed by atoms with Gasteiger partial charge in [0.05, 0.1) is 0 Å². The minimum Gasteiger partial charge on any atom is -0.351 e. The molecule has 0 spiro atoms. The SMILES string of the molecule is CCCCCC(=O)NC(C)(C)CCBr. The van der Waals surface area contributed by atoms with Gasteiger partial charge in [0.15, 0.2) is 0 Å². The molecule has 0 saturated carbocycles. The number of carbonyl (C=O) groups is 1. The Morgan fingerprint density at radius 3 is 2.50 bits per heavy atom. The van der Waals surface area contributed by atoms with Gasteiger partial charge < -0.3 is 5.32 Å². The molecule has 3 heteroatoms. The molecular formula is C11H22BrNO. The van der Waals surface area contributed by atoms with Gasteiger partial charge in [-0.2, -0.15) is 0 Å². The number of carbonyl (C=O) groups excluding carboxylic acids is 1. The summed E-state index contributed by atoms with van der Waals surface area (Å²) in [7, 11) is 0. The summed E-state index contributed by atoms with van der Waals surface area (Å²) in [6, 6.07) is 0. The van der Waals surface area contributed by atoms with Crippen LogP contribution < -0.4 is 5.32 Å². The zero-order valence-electron chi connectivity index (χ0n) is 9.53. The molecule has 0 aliphatic heterocycles. The van der Waals surface area contributed by atoms with Gasteiger partial charge in [-0.25, -0.2) is 0 Å². The number of rotatable bonds is 7. The zero-order valence-corrected chi connectivity index (χ0v) is 11.1. The van der Waals surface area contributed by atoms with E-state index < -0.39 is 0 Å². The monoisotopic (exact) mass is 263 g/mol. The number of alkyl halides is 1. The van der Waals surface area contributed by atoms with Gasteiger partial charge >= 0.3 is 0 Å². The molecule has 14 heavy (non-hydrogen) atoms. The molecule has 84 valence electrons. The summed E-state index contributed by atoms with van der Waals surface area (Å²) in [5.74, 6) is 0.185. The van der Waals surface area contributed by atoms with Gasteiger partial charge in [0.2, 0.25) is 5.91 Å². The lowest BCUT2D eigenvalue weighted by molar-refractivity contribution is -0.122. The summed E-state index contributed by atoms with van der Waals surface area (Å²) < 4.78 is 0. The maximum atomic E-state index is 11.5. The van der Waals surface area contributed by atoms with Crippen molar-refractivity contribution >= 4 is 21.8 Å². The fourth-order valence-corrected chi connectivity index (χ4v) is 2.27. The predicted molar refractivity (Wildman–Crippen MR) is 64.8 cm³/mol. The van der Waals surface area contributed by atoms with Gasteiger partial charge in [-0.3, -0.25) is 4.79 Å². The number of halogens is 1. The summed E-state index contributed by atoms with van der Waals surface area (Å²) in [4.78, 5) is 11.5. The van der Waals surface area contributed by atoms with E-state index in [0.29, 0.717) is 6.42 Å². The van der Waals surface area contributed by atoms with E-state index in [2.05, 4.69) is 42.0 Å². The van der Waals surface area contributed by atoms with Crippen molar-refractivity contribution in [3.8, 4) is 0 Å². The highest BCUT2D eigenvalue weighted by Crippen LogP contribution is 2.10. The van der Waals surface area contributed by atoms with Gasteiger partial charge in [-0.1, -0.05) is 35.7 Å². The van der Waals surface area contributed by atoms with Crippen molar-refractivity contribution in [3.63, 3.8) is 0 Å². The average Bonchev–Trinajstić information content (AvgIpc) is 2.03. The first-order valence-corrected chi connectivity index (χ1v) is 6.51. The van der Waals surface area contributed by atoms with E-state index in [1.807, 2.05) is 0 Å². The molecule has 0 unspecified atom stereocenters. The number of hydrogen-bond acceptors (Lipinski definition) is 1. The lowest BCUT2D eigenvalue weighted by Gasteiger charge is -2.25. The van der Waals surface area contributed by atoms with Crippen LogP contribution in [-0.4, -0.2) is 16.8 Å². The van der Waals surface area contributed by atoms with Crippen LogP contribution in [0.3, 0.4) is 0 Å². The van der Waals surface area contributed by atoms with E-state index in [-0.39, 0.29) is 11.4 Å². The predicted octanol–water partition coefficient (Wildman–Crippen LogP) is 3.25. The molecule has 0 aromatic heterocycles. The molecule has 0 saturated heterocycles. The normalized spacial score (nSPS) is 11.4. The molecule has 0 aromatic rings. The summed E-state index contributed by atoms with van der Waals surface area (Å²) in [6.07, 6.45) is 4.95. The quantitative estimate of drug-likeness (QED) is 0.555. The maximum Gasteiger partial charge on any atom is 0.220 e. The molecule has 2 nitrogen and oxygen atoms in total. The van der Waals surface area contributed by atoms with E-state index in [9.17, 15) is 4.79 Å². The summed E-state index contributed by atoms with van der Waals surface area (Å²) in [5.41, 5.74) is -0.0766. The van der Waals surface area contributed by atoms with Crippen LogP contribution in [0.15, 0.2) is 0 Å².